The third-order valence-electron chi connectivity index (χ3n) is 2.16. The van der Waals surface area contributed by atoms with E-state index in [1.807, 2.05) is 0 Å². The van der Waals surface area contributed by atoms with Gasteiger partial charge in [0.2, 0.25) is 0 Å². The number of unbranched alkanes of at least 4 members (excludes halogenated alkanes) is 2. The van der Waals surface area contributed by atoms with Crippen LogP contribution >= 0.6 is 0 Å². The average Bonchev–Trinajstić information content (AvgIpc) is 2.39. The number of hydrogen-bond acceptors (Lipinski definition) is 4. The number of nitrogens with zero attached hydrogens (tertiary/aromatic N) is 12. The summed E-state index contributed by atoms with van der Waals surface area (Å²) in [7, 11) is 0. The standard InChI is InChI=1S/C7H12N12/c8-16-12-6(13-17-9)4-2-1-3-5-7(14-18-10)15-19-11/h6-7H,1-5H2. The van der Waals surface area contributed by atoms with Gasteiger partial charge in [0.15, 0.2) is 0 Å². The zero-order valence-electron chi connectivity index (χ0n) is 10.1. The van der Waals surface area contributed by atoms with Gasteiger partial charge in [0, 0.05) is 19.6 Å². The van der Waals surface area contributed by atoms with Gasteiger partial charge in [-0.1, -0.05) is 39.7 Å². The second kappa shape index (κ2) is 11.7. The monoisotopic (exact) mass is 264 g/mol. The van der Waals surface area contributed by atoms with Gasteiger partial charge in [0.05, 0.1) is 0 Å². The minimum atomic E-state index is -0.722. The van der Waals surface area contributed by atoms with Gasteiger partial charge in [-0.25, -0.2) is 0 Å². The fourth-order valence-electron chi connectivity index (χ4n) is 1.35. The molecule has 0 aliphatic carbocycles. The van der Waals surface area contributed by atoms with E-state index in [2.05, 4.69) is 40.1 Å². The molecule has 0 fully saturated rings. The zero-order chi connectivity index (χ0) is 14.3. The van der Waals surface area contributed by atoms with Gasteiger partial charge in [0.1, 0.15) is 12.3 Å². The highest BCUT2D eigenvalue weighted by Crippen LogP contribution is 2.13. The Morgan fingerprint density at radius 1 is 0.579 bits per heavy atom. The van der Waals surface area contributed by atoms with Gasteiger partial charge < -0.3 is 0 Å². The highest BCUT2D eigenvalue weighted by atomic mass is 15.3. The predicted octanol–water partition coefficient (Wildman–Crippen LogP) is 4.83. The summed E-state index contributed by atoms with van der Waals surface area (Å²) in [6.45, 7) is 0. The maximum Gasteiger partial charge on any atom is 0.116 e. The summed E-state index contributed by atoms with van der Waals surface area (Å²) in [4.78, 5) is 10.3. The molecule has 0 saturated carbocycles. The SMILES string of the molecule is [N-]=[N+]=NC(CCCCCC(N=[N+]=[N-])N=[N+]=[N-])N=[N+]=[N-]. The van der Waals surface area contributed by atoms with Crippen molar-refractivity contribution < 1.29 is 0 Å². The summed E-state index contributed by atoms with van der Waals surface area (Å²) in [6.07, 6.45) is 1.56. The normalized spacial score (nSPS) is 11.8. The van der Waals surface area contributed by atoms with Crippen molar-refractivity contribution in [2.45, 2.75) is 44.4 Å². The quantitative estimate of drug-likeness (QED) is 0.225. The topological polar surface area (TPSA) is 195 Å². The average molecular weight is 264 g/mol. The van der Waals surface area contributed by atoms with Crippen molar-refractivity contribution in [3.8, 4) is 0 Å². The van der Waals surface area contributed by atoms with Crippen LogP contribution in [0, 0.1) is 0 Å². The Kier molecular flexibility index (Phi) is 10.0. The summed E-state index contributed by atoms with van der Waals surface area (Å²) in [5.74, 6) is 0. The first-order chi connectivity index (χ1) is 9.28. The van der Waals surface area contributed by atoms with Gasteiger partial charge >= 0.3 is 0 Å². The Morgan fingerprint density at radius 3 is 1.16 bits per heavy atom. The summed E-state index contributed by atoms with van der Waals surface area (Å²) < 4.78 is 0. The van der Waals surface area contributed by atoms with Crippen LogP contribution in [0.25, 0.3) is 41.8 Å². The minimum Gasteiger partial charge on any atom is -0.0846 e. The smallest absolute Gasteiger partial charge is 0.0846 e. The van der Waals surface area contributed by atoms with Crippen LogP contribution < -0.4 is 0 Å². The van der Waals surface area contributed by atoms with E-state index in [1.165, 1.54) is 0 Å². The van der Waals surface area contributed by atoms with Crippen molar-refractivity contribution >= 4 is 0 Å². The molecule has 0 aromatic heterocycles. The van der Waals surface area contributed by atoms with Gasteiger partial charge in [-0.3, -0.25) is 0 Å². The number of azide groups is 2. The molecular formula is C7H12N12. The van der Waals surface area contributed by atoms with E-state index < -0.39 is 12.3 Å². The Labute approximate surface area is 107 Å². The van der Waals surface area contributed by atoms with Crippen LogP contribution in [0.15, 0.2) is 20.5 Å². The molecule has 0 rings (SSSR count). The first-order valence-corrected chi connectivity index (χ1v) is 5.45. The lowest BCUT2D eigenvalue weighted by Crippen LogP contribution is -2.00. The molecule has 0 amide bonds. The highest BCUT2D eigenvalue weighted by Gasteiger charge is 2.05. The molecule has 12 nitrogen and oxygen atoms in total. The largest absolute Gasteiger partial charge is 0.116 e. The van der Waals surface area contributed by atoms with E-state index in [4.69, 9.17) is 22.1 Å². The summed E-state index contributed by atoms with van der Waals surface area (Å²) in [5, 5.41) is 13.3. The van der Waals surface area contributed by atoms with Crippen molar-refractivity contribution in [2.24, 2.45) is 20.5 Å². The van der Waals surface area contributed by atoms with Crippen molar-refractivity contribution in [2.75, 3.05) is 0 Å². The first kappa shape index (κ1) is 16.2. The van der Waals surface area contributed by atoms with Gasteiger partial charge in [-0.15, -0.1) is 0 Å². The van der Waals surface area contributed by atoms with Gasteiger partial charge in [-0.2, -0.15) is 0 Å². The van der Waals surface area contributed by atoms with Crippen LogP contribution in [0.3, 0.4) is 0 Å². The predicted molar refractivity (Wildman–Crippen MR) is 67.2 cm³/mol. The fourth-order valence-corrected chi connectivity index (χ4v) is 1.35. The van der Waals surface area contributed by atoms with Gasteiger partial charge in [0.25, 0.3) is 0 Å². The third-order valence-corrected chi connectivity index (χ3v) is 2.16. The maximum absolute atomic E-state index is 8.24. The zero-order valence-corrected chi connectivity index (χ0v) is 10.1. The third kappa shape index (κ3) is 8.99. The Morgan fingerprint density at radius 2 is 0.895 bits per heavy atom. The van der Waals surface area contributed by atoms with Crippen LogP contribution in [0.4, 0.5) is 0 Å². The molecule has 0 atom stereocenters. The van der Waals surface area contributed by atoms with E-state index in [0.717, 1.165) is 6.42 Å². The molecule has 19 heavy (non-hydrogen) atoms. The van der Waals surface area contributed by atoms with Crippen LogP contribution in [-0.2, 0) is 0 Å². The molecule has 0 aliphatic heterocycles. The van der Waals surface area contributed by atoms with E-state index in [-0.39, 0.29) is 0 Å². The van der Waals surface area contributed by atoms with E-state index >= 15 is 0 Å². The Bertz CT molecular complexity index is 367. The van der Waals surface area contributed by atoms with E-state index in [0.29, 0.717) is 25.7 Å². The fraction of sp³-hybridized carbons (Fsp3) is 1.00. The van der Waals surface area contributed by atoms with Crippen molar-refractivity contribution in [3.05, 3.63) is 41.8 Å². The van der Waals surface area contributed by atoms with Crippen molar-refractivity contribution in [3.63, 3.8) is 0 Å². The molecule has 0 heterocycles. The minimum absolute atomic E-state index is 0.446. The molecule has 0 aliphatic rings. The second-order valence-corrected chi connectivity index (χ2v) is 3.42. The van der Waals surface area contributed by atoms with Crippen LogP contribution in [-0.4, -0.2) is 12.3 Å². The molecule has 0 aromatic rings. The molecule has 0 aromatic carbocycles. The second-order valence-electron chi connectivity index (χ2n) is 3.42. The van der Waals surface area contributed by atoms with E-state index in [9.17, 15) is 0 Å². The summed E-state index contributed by atoms with van der Waals surface area (Å²) >= 11 is 0. The molecule has 0 unspecified atom stereocenters. The van der Waals surface area contributed by atoms with Gasteiger partial charge in [-0.05, 0) is 35.0 Å². The Balaban J connectivity index is 3.96. The highest BCUT2D eigenvalue weighted by molar-refractivity contribution is 4.67. The van der Waals surface area contributed by atoms with Crippen LogP contribution in [0.1, 0.15) is 32.1 Å². The van der Waals surface area contributed by atoms with E-state index in [1.54, 1.807) is 0 Å². The number of rotatable bonds is 10. The lowest BCUT2D eigenvalue weighted by atomic mass is 10.1. The molecule has 12 heteroatoms. The molecule has 100 valence electrons. The number of hydrogen-bond donors (Lipinski definition) is 0. The van der Waals surface area contributed by atoms with Crippen LogP contribution in [0.5, 0.6) is 0 Å². The van der Waals surface area contributed by atoms with Crippen molar-refractivity contribution in [1.82, 2.24) is 0 Å². The molecule has 0 radical (unpaired) electrons. The molecular weight excluding hydrogens is 252 g/mol. The summed E-state index contributed by atoms with van der Waals surface area (Å²) in [6, 6.07) is 0. The maximum atomic E-state index is 8.24. The molecule has 0 N–H and O–H groups in total. The summed E-state index contributed by atoms with van der Waals surface area (Å²) in [5.41, 5.74) is 33.0. The van der Waals surface area contributed by atoms with Crippen LogP contribution in [0.2, 0.25) is 0 Å². The van der Waals surface area contributed by atoms with Crippen molar-refractivity contribution in [1.29, 1.82) is 0 Å². The Hall–Kier alpha value is -2.76. The lowest BCUT2D eigenvalue weighted by Gasteiger charge is -2.05. The molecule has 0 spiro atoms. The molecule has 0 saturated heterocycles. The lowest BCUT2D eigenvalue weighted by molar-refractivity contribution is 0.522. The molecule has 0 bridgehead atoms. The first-order valence-electron chi connectivity index (χ1n) is 5.45.